The number of ether oxygens (including phenoxy) is 2. The third kappa shape index (κ3) is 6.70. The van der Waals surface area contributed by atoms with Crippen LogP contribution in [0, 0.1) is 11.3 Å². The van der Waals surface area contributed by atoms with Crippen LogP contribution in [0.3, 0.4) is 0 Å². The number of esters is 1. The smallest absolute Gasteiger partial charge is 0.417 e. The van der Waals surface area contributed by atoms with Crippen LogP contribution in [-0.2, 0) is 40.3 Å². The van der Waals surface area contributed by atoms with Crippen molar-refractivity contribution in [2.45, 2.75) is 57.9 Å². The maximum absolute atomic E-state index is 14.9. The zero-order valence-corrected chi connectivity index (χ0v) is 25.0. The third-order valence-corrected chi connectivity index (χ3v) is 7.15. The molecular weight excluding hydrogens is 575 g/mol. The van der Waals surface area contributed by atoms with E-state index in [1.54, 1.807) is 57.2 Å². The molecule has 0 saturated carbocycles. The Balaban J connectivity index is 1.93. The Bertz CT molecular complexity index is 1850. The van der Waals surface area contributed by atoms with Gasteiger partial charge in [0.25, 0.3) is 5.56 Å². The van der Waals surface area contributed by atoms with Gasteiger partial charge in [-0.15, -0.1) is 0 Å². The number of alkyl halides is 3. The number of nitrogens with one attached hydrogen (secondary N) is 1. The van der Waals surface area contributed by atoms with Gasteiger partial charge in [-0.3, -0.25) is 4.79 Å². The summed E-state index contributed by atoms with van der Waals surface area (Å²) in [4.78, 5) is 38.8. The standard InChI is InChI=1S/C33H32F3N3O5/c1-32(2,3)44-31(42)38-25(30(41)43-5)18-20-10-6-12-22-21(20)11-7-13-23(22)27-28(33(34,35)36)24-17-19(9-8-16-37)14-15-26(24)39(4)29(27)40/h6-7,10-15,17,25H,8-9,18H2,1-5H3,(H,38,42)/t25-/m0/s1. The molecule has 1 amide bonds. The maximum atomic E-state index is 14.9. The predicted octanol–water partition coefficient (Wildman–Crippen LogP) is 6.44. The number of carbonyl (C=O) groups is 2. The number of nitrogens with zero attached hydrogens (tertiary/aromatic N) is 2. The summed E-state index contributed by atoms with van der Waals surface area (Å²) in [6.07, 6.45) is -5.39. The minimum Gasteiger partial charge on any atom is -0.467 e. The number of amides is 1. The van der Waals surface area contributed by atoms with Crippen molar-refractivity contribution in [2.75, 3.05) is 7.11 Å². The van der Waals surface area contributed by atoms with Gasteiger partial charge in [-0.1, -0.05) is 42.5 Å². The number of rotatable bonds is 7. The highest BCUT2D eigenvalue weighted by molar-refractivity contribution is 6.02. The molecule has 0 unspecified atom stereocenters. The second-order valence-corrected chi connectivity index (χ2v) is 11.4. The van der Waals surface area contributed by atoms with Crippen molar-refractivity contribution in [2.24, 2.45) is 7.05 Å². The summed E-state index contributed by atoms with van der Waals surface area (Å²) in [5.74, 6) is -0.737. The lowest BCUT2D eigenvalue weighted by Crippen LogP contribution is -2.45. The first-order chi connectivity index (χ1) is 20.7. The van der Waals surface area contributed by atoms with Crippen LogP contribution in [0.2, 0.25) is 0 Å². The number of alkyl carbamates (subject to hydrolysis) is 1. The molecule has 1 atom stereocenters. The Morgan fingerprint density at radius 3 is 2.34 bits per heavy atom. The van der Waals surface area contributed by atoms with E-state index in [2.05, 4.69) is 5.32 Å². The minimum absolute atomic E-state index is 0.0587. The largest absolute Gasteiger partial charge is 0.467 e. The fourth-order valence-electron chi connectivity index (χ4n) is 5.27. The number of hydrogen-bond donors (Lipinski definition) is 1. The minimum atomic E-state index is -4.89. The number of aromatic nitrogens is 1. The molecule has 230 valence electrons. The third-order valence-electron chi connectivity index (χ3n) is 7.15. The van der Waals surface area contributed by atoms with E-state index in [0.717, 1.165) is 0 Å². The second kappa shape index (κ2) is 12.4. The summed E-state index contributed by atoms with van der Waals surface area (Å²) < 4.78 is 56.0. The van der Waals surface area contributed by atoms with E-state index in [0.29, 0.717) is 21.9 Å². The van der Waals surface area contributed by atoms with Crippen LogP contribution in [0.5, 0.6) is 0 Å². The molecule has 0 aliphatic carbocycles. The van der Waals surface area contributed by atoms with Crippen molar-refractivity contribution in [3.63, 3.8) is 0 Å². The number of benzene rings is 3. The van der Waals surface area contributed by atoms with Crippen molar-refractivity contribution in [1.29, 1.82) is 5.26 Å². The van der Waals surface area contributed by atoms with Gasteiger partial charge >= 0.3 is 18.2 Å². The van der Waals surface area contributed by atoms with E-state index >= 15 is 0 Å². The van der Waals surface area contributed by atoms with Gasteiger partial charge in [0.05, 0.1) is 29.8 Å². The number of carbonyl (C=O) groups excluding carboxylic acids is 2. The molecule has 8 nitrogen and oxygen atoms in total. The molecule has 0 aliphatic rings. The first-order valence-corrected chi connectivity index (χ1v) is 13.8. The molecule has 44 heavy (non-hydrogen) atoms. The van der Waals surface area contributed by atoms with Crippen molar-refractivity contribution in [3.8, 4) is 17.2 Å². The quantitative estimate of drug-likeness (QED) is 0.242. The fraction of sp³-hybridized carbons (Fsp3) is 0.333. The average Bonchev–Trinajstić information content (AvgIpc) is 2.95. The molecular formula is C33H32F3N3O5. The van der Waals surface area contributed by atoms with Crippen LogP contribution in [0.25, 0.3) is 32.8 Å². The molecule has 0 spiro atoms. The first-order valence-electron chi connectivity index (χ1n) is 13.8. The van der Waals surface area contributed by atoms with E-state index in [-0.39, 0.29) is 35.7 Å². The molecule has 0 saturated heterocycles. The number of fused-ring (bicyclic) bond motifs is 2. The van der Waals surface area contributed by atoms with Crippen LogP contribution in [0.4, 0.5) is 18.0 Å². The zero-order chi connectivity index (χ0) is 32.4. The molecule has 4 rings (SSSR count). The predicted molar refractivity (Wildman–Crippen MR) is 160 cm³/mol. The van der Waals surface area contributed by atoms with Gasteiger partial charge in [0.1, 0.15) is 11.6 Å². The lowest BCUT2D eigenvalue weighted by Gasteiger charge is -2.23. The summed E-state index contributed by atoms with van der Waals surface area (Å²) in [6.45, 7) is 5.02. The van der Waals surface area contributed by atoms with E-state index in [4.69, 9.17) is 14.7 Å². The summed E-state index contributed by atoms with van der Waals surface area (Å²) in [5.41, 5.74) is -1.97. The van der Waals surface area contributed by atoms with E-state index in [9.17, 15) is 27.6 Å². The molecule has 1 heterocycles. The summed E-state index contributed by atoms with van der Waals surface area (Å²) in [7, 11) is 2.59. The molecule has 1 N–H and O–H groups in total. The maximum Gasteiger partial charge on any atom is 0.417 e. The van der Waals surface area contributed by atoms with Crippen molar-refractivity contribution in [3.05, 3.63) is 81.6 Å². The highest BCUT2D eigenvalue weighted by Gasteiger charge is 2.38. The van der Waals surface area contributed by atoms with Crippen LogP contribution >= 0.6 is 0 Å². The van der Waals surface area contributed by atoms with Crippen LogP contribution in [0.1, 0.15) is 43.9 Å². The monoisotopic (exact) mass is 607 g/mol. The fourth-order valence-corrected chi connectivity index (χ4v) is 5.27. The highest BCUT2D eigenvalue weighted by Crippen LogP contribution is 2.42. The number of pyridine rings is 1. The Hall–Kier alpha value is -4.85. The first kappa shape index (κ1) is 32.1. The summed E-state index contributed by atoms with van der Waals surface area (Å²) in [6, 6.07) is 14.9. The van der Waals surface area contributed by atoms with Gasteiger partial charge in [0.2, 0.25) is 0 Å². The number of nitriles is 1. The second-order valence-electron chi connectivity index (χ2n) is 11.4. The number of aryl methyl sites for hydroxylation is 2. The van der Waals surface area contributed by atoms with Gasteiger partial charge in [-0.25, -0.2) is 9.59 Å². The van der Waals surface area contributed by atoms with E-state index < -0.39 is 46.6 Å². The molecule has 1 aromatic heterocycles. The van der Waals surface area contributed by atoms with Gasteiger partial charge in [0.15, 0.2) is 0 Å². The van der Waals surface area contributed by atoms with Crippen LogP contribution in [0.15, 0.2) is 59.4 Å². The average molecular weight is 608 g/mol. The lowest BCUT2D eigenvalue weighted by atomic mass is 9.90. The van der Waals surface area contributed by atoms with E-state index in [1.807, 2.05) is 6.07 Å². The molecule has 0 fully saturated rings. The van der Waals surface area contributed by atoms with Gasteiger partial charge in [-0.05, 0) is 66.8 Å². The Labute approximate surface area is 252 Å². The van der Waals surface area contributed by atoms with Gasteiger partial charge < -0.3 is 19.4 Å². The Kier molecular flexibility index (Phi) is 9.04. The van der Waals surface area contributed by atoms with Crippen LogP contribution in [-0.4, -0.2) is 35.4 Å². The van der Waals surface area contributed by atoms with E-state index in [1.165, 1.54) is 36.9 Å². The SMILES string of the molecule is COC(=O)[C@H](Cc1cccc2c(-c3c(C(F)(F)F)c4cc(CCC#N)ccc4n(C)c3=O)cccc12)NC(=O)OC(C)(C)C. The molecule has 0 bridgehead atoms. The summed E-state index contributed by atoms with van der Waals surface area (Å²) >= 11 is 0. The molecule has 11 heteroatoms. The number of halogens is 3. The molecule has 4 aromatic rings. The van der Waals surface area contributed by atoms with Crippen molar-refractivity contribution in [1.82, 2.24) is 9.88 Å². The zero-order valence-electron chi connectivity index (χ0n) is 25.0. The molecule has 3 aromatic carbocycles. The van der Waals surface area contributed by atoms with Crippen molar-refractivity contribution < 1.29 is 32.2 Å². The molecule has 0 radical (unpaired) electrons. The topological polar surface area (TPSA) is 110 Å². The summed E-state index contributed by atoms with van der Waals surface area (Å²) in [5, 5.41) is 12.2. The van der Waals surface area contributed by atoms with Gasteiger partial charge in [0, 0.05) is 25.3 Å². The number of methoxy groups -OCH3 is 1. The highest BCUT2D eigenvalue weighted by atomic mass is 19.4. The van der Waals surface area contributed by atoms with Gasteiger partial charge in [-0.2, -0.15) is 18.4 Å². The van der Waals surface area contributed by atoms with Crippen LogP contribution < -0.4 is 10.9 Å². The number of hydrogen-bond acceptors (Lipinski definition) is 6. The Morgan fingerprint density at radius 2 is 1.70 bits per heavy atom. The normalized spacial score (nSPS) is 12.5. The Morgan fingerprint density at radius 1 is 1.02 bits per heavy atom. The lowest BCUT2D eigenvalue weighted by molar-refractivity contribution is -0.143. The van der Waals surface area contributed by atoms with Crippen molar-refractivity contribution >= 4 is 33.7 Å². The molecule has 0 aliphatic heterocycles.